The molecule has 7 rings (SSSR count). The van der Waals surface area contributed by atoms with Gasteiger partial charge in [-0.15, -0.1) is 6.42 Å². The molecule has 2 aromatic carbocycles. The molecule has 1 amide bonds. The van der Waals surface area contributed by atoms with Crippen LogP contribution in [0.2, 0.25) is 0 Å². The van der Waals surface area contributed by atoms with Gasteiger partial charge in [0.1, 0.15) is 47.7 Å². The molecule has 11 nitrogen and oxygen atoms in total. The van der Waals surface area contributed by atoms with E-state index in [9.17, 15) is 18.7 Å². The summed E-state index contributed by atoms with van der Waals surface area (Å²) in [6.07, 6.45) is 12.1. The highest BCUT2D eigenvalue weighted by atomic mass is 19.1. The van der Waals surface area contributed by atoms with Crippen LogP contribution in [0.5, 0.6) is 11.8 Å². The van der Waals surface area contributed by atoms with Gasteiger partial charge in [-0.3, -0.25) is 14.7 Å². The van der Waals surface area contributed by atoms with Crippen molar-refractivity contribution < 1.29 is 27.8 Å². The summed E-state index contributed by atoms with van der Waals surface area (Å²) in [5.41, 5.74) is -0.487. The molecular weight excluding hydrogens is 685 g/mol. The molecular formula is C39H37F3N8O3. The number of rotatable bonds is 10. The topological polar surface area (TPSA) is 121 Å². The zero-order chi connectivity index (χ0) is 37.4. The van der Waals surface area contributed by atoms with Gasteiger partial charge in [-0.2, -0.15) is 9.97 Å². The predicted octanol–water partition coefficient (Wildman–Crippen LogP) is 5.59. The number of pyridine rings is 1. The van der Waals surface area contributed by atoms with Gasteiger partial charge in [-0.1, -0.05) is 18.6 Å². The van der Waals surface area contributed by atoms with E-state index in [-0.39, 0.29) is 82.2 Å². The molecule has 0 saturated carbocycles. The number of hydrogen-bond acceptors (Lipinski definition) is 10. The van der Waals surface area contributed by atoms with E-state index in [0.29, 0.717) is 25.0 Å². The van der Waals surface area contributed by atoms with Gasteiger partial charge >= 0.3 is 6.01 Å². The SMILES string of the molecule is C#Cc1c(F)ccc2cc(O)cc(-c3ncc4c(N(C)C[C@@H]5CCCN5C(=O)C=C)nc(OC[C@]5(C)C[C@@H](F)CN5Cc5ccncn5)nc4c3F)c12. The molecule has 53 heavy (non-hydrogen) atoms. The van der Waals surface area contributed by atoms with E-state index in [2.05, 4.69) is 32.4 Å². The van der Waals surface area contributed by atoms with Crippen LogP contribution < -0.4 is 9.64 Å². The molecule has 0 spiro atoms. The van der Waals surface area contributed by atoms with Crippen molar-refractivity contribution in [2.75, 3.05) is 38.2 Å². The first-order valence-corrected chi connectivity index (χ1v) is 17.2. The van der Waals surface area contributed by atoms with Crippen molar-refractivity contribution in [1.29, 1.82) is 0 Å². The minimum atomic E-state index is -1.11. The first kappa shape index (κ1) is 35.6. The second kappa shape index (κ2) is 14.3. The zero-order valence-electron chi connectivity index (χ0n) is 29.3. The third kappa shape index (κ3) is 6.80. The van der Waals surface area contributed by atoms with Crippen LogP contribution >= 0.6 is 0 Å². The highest BCUT2D eigenvalue weighted by Crippen LogP contribution is 2.39. The summed E-state index contributed by atoms with van der Waals surface area (Å²) in [5, 5.41) is 11.4. The van der Waals surface area contributed by atoms with Crippen molar-refractivity contribution in [2.45, 2.75) is 50.5 Å². The summed E-state index contributed by atoms with van der Waals surface area (Å²) in [6.45, 7) is 6.94. The molecule has 2 saturated heterocycles. The number of ether oxygens (including phenoxy) is 1. The summed E-state index contributed by atoms with van der Waals surface area (Å²) < 4.78 is 53.1. The van der Waals surface area contributed by atoms with Crippen molar-refractivity contribution in [1.82, 2.24) is 34.7 Å². The Morgan fingerprint density at radius 2 is 2.08 bits per heavy atom. The minimum absolute atomic E-state index is 0.0288. The highest BCUT2D eigenvalue weighted by molar-refractivity contribution is 6.03. The number of halogens is 3. The number of carbonyl (C=O) groups excluding carboxylic acids is 1. The van der Waals surface area contributed by atoms with Crippen LogP contribution in [0, 0.1) is 24.0 Å². The number of fused-ring (bicyclic) bond motifs is 2. The Bertz CT molecular complexity index is 2270. The standard InChI is InChI=1S/C39H37F3N8O3/c1-5-28-31(41)10-9-23-14-27(51)15-29(33(23)28)35-34(42)36-30(17-44-35)37(48(4)20-26-8-7-13-50(26)32(52)6-2)47-38(46-36)53-21-39(3)16-24(40)18-49(39)19-25-11-12-43-22-45-25/h1,6,9-12,14-15,17,22,24,26,51H,2,7-8,13,16,18-21H2,3-4H3/t24-,26+,39+/m1/s1. The fraction of sp³-hybridized carbons (Fsp3) is 0.333. The number of aromatic hydroxyl groups is 1. The summed E-state index contributed by atoms with van der Waals surface area (Å²) in [6, 6.07) is 6.74. The van der Waals surface area contributed by atoms with Gasteiger partial charge in [0, 0.05) is 69.0 Å². The van der Waals surface area contributed by atoms with Gasteiger partial charge in [0.25, 0.3) is 0 Å². The molecule has 5 aromatic rings. The number of carbonyl (C=O) groups is 1. The second-order valence-electron chi connectivity index (χ2n) is 13.8. The number of phenolic OH excluding ortho intramolecular Hbond substituents is 1. The lowest BCUT2D eigenvalue weighted by Crippen LogP contribution is -2.45. The van der Waals surface area contributed by atoms with Crippen molar-refractivity contribution in [3.05, 3.63) is 84.6 Å². The van der Waals surface area contributed by atoms with Crippen LogP contribution in [0.1, 0.15) is 37.4 Å². The van der Waals surface area contributed by atoms with E-state index >= 15 is 4.39 Å². The van der Waals surface area contributed by atoms with Crippen LogP contribution in [-0.2, 0) is 11.3 Å². The van der Waals surface area contributed by atoms with Gasteiger partial charge < -0.3 is 19.6 Å². The van der Waals surface area contributed by atoms with Crippen molar-refractivity contribution in [3.63, 3.8) is 0 Å². The number of alkyl halides is 1. The fourth-order valence-electron chi connectivity index (χ4n) is 7.52. The Hall–Kier alpha value is -5.81. The lowest BCUT2D eigenvalue weighted by atomic mass is 9.96. The van der Waals surface area contributed by atoms with Gasteiger partial charge in [0.2, 0.25) is 5.91 Å². The number of anilines is 1. The van der Waals surface area contributed by atoms with E-state index in [1.807, 2.05) is 11.8 Å². The van der Waals surface area contributed by atoms with Crippen LogP contribution in [-0.4, -0.2) is 96.8 Å². The number of phenols is 1. The average Bonchev–Trinajstić information content (AvgIpc) is 3.73. The van der Waals surface area contributed by atoms with Crippen LogP contribution in [0.3, 0.4) is 0 Å². The van der Waals surface area contributed by atoms with Gasteiger partial charge in [-0.05, 0) is 55.5 Å². The maximum absolute atomic E-state index is 17.0. The summed E-state index contributed by atoms with van der Waals surface area (Å²) in [5.74, 6) is 0.685. The maximum atomic E-state index is 17.0. The van der Waals surface area contributed by atoms with Crippen molar-refractivity contribution >= 4 is 33.4 Å². The minimum Gasteiger partial charge on any atom is -0.508 e. The van der Waals surface area contributed by atoms with E-state index in [1.54, 1.807) is 29.1 Å². The van der Waals surface area contributed by atoms with E-state index in [0.717, 1.165) is 18.5 Å². The average molecular weight is 723 g/mol. The first-order valence-electron chi connectivity index (χ1n) is 17.2. The molecule has 0 unspecified atom stereocenters. The van der Waals surface area contributed by atoms with E-state index in [4.69, 9.17) is 16.1 Å². The molecule has 0 bridgehead atoms. The summed E-state index contributed by atoms with van der Waals surface area (Å²) in [7, 11) is 1.77. The number of likely N-dealkylation sites (tertiary alicyclic amines) is 2. The zero-order valence-corrected chi connectivity index (χ0v) is 29.3. The van der Waals surface area contributed by atoms with Gasteiger partial charge in [0.15, 0.2) is 5.82 Å². The van der Waals surface area contributed by atoms with Crippen LogP contribution in [0.15, 0.2) is 61.7 Å². The van der Waals surface area contributed by atoms with Crippen LogP contribution in [0.4, 0.5) is 19.0 Å². The van der Waals surface area contributed by atoms with Crippen molar-refractivity contribution in [2.24, 2.45) is 0 Å². The van der Waals surface area contributed by atoms with Crippen molar-refractivity contribution in [3.8, 4) is 35.4 Å². The second-order valence-corrected chi connectivity index (χ2v) is 13.8. The third-order valence-corrected chi connectivity index (χ3v) is 10.1. The summed E-state index contributed by atoms with van der Waals surface area (Å²) in [4.78, 5) is 40.0. The molecule has 3 aromatic heterocycles. The molecule has 5 heterocycles. The fourth-order valence-corrected chi connectivity index (χ4v) is 7.52. The Morgan fingerprint density at radius 3 is 2.83 bits per heavy atom. The number of terminal acetylenes is 1. The lowest BCUT2D eigenvalue weighted by Gasteiger charge is -2.34. The number of likely N-dealkylation sites (N-methyl/N-ethyl adjacent to an activating group) is 1. The lowest BCUT2D eigenvalue weighted by molar-refractivity contribution is -0.126. The number of hydrogen-bond donors (Lipinski definition) is 1. The Labute approximate surface area is 304 Å². The Balaban J connectivity index is 1.32. The van der Waals surface area contributed by atoms with E-state index < -0.39 is 23.3 Å². The van der Waals surface area contributed by atoms with Crippen LogP contribution in [0.25, 0.3) is 32.9 Å². The monoisotopic (exact) mass is 722 g/mol. The Morgan fingerprint density at radius 1 is 1.25 bits per heavy atom. The largest absolute Gasteiger partial charge is 0.508 e. The predicted molar refractivity (Wildman–Crippen MR) is 194 cm³/mol. The molecule has 2 aliphatic rings. The summed E-state index contributed by atoms with van der Waals surface area (Å²) >= 11 is 0. The first-order chi connectivity index (χ1) is 25.5. The third-order valence-electron chi connectivity index (χ3n) is 10.1. The molecule has 3 atom stereocenters. The molecule has 0 aliphatic carbocycles. The normalized spacial score (nSPS) is 20.2. The molecule has 2 aliphatic heterocycles. The molecule has 2 fully saturated rings. The van der Waals surface area contributed by atoms with Gasteiger partial charge in [0.05, 0.1) is 22.2 Å². The highest BCUT2D eigenvalue weighted by Gasteiger charge is 2.43. The van der Waals surface area contributed by atoms with E-state index in [1.165, 1.54) is 42.9 Å². The van der Waals surface area contributed by atoms with Gasteiger partial charge in [-0.25, -0.2) is 23.1 Å². The Kier molecular flexibility index (Phi) is 9.61. The molecule has 0 radical (unpaired) electrons. The maximum Gasteiger partial charge on any atom is 0.319 e. The molecule has 1 N–H and O–H groups in total. The molecule has 14 heteroatoms. The number of aromatic nitrogens is 5. The number of amides is 1. The quantitative estimate of drug-likeness (QED) is 0.144. The smallest absolute Gasteiger partial charge is 0.319 e. The number of benzene rings is 2. The molecule has 272 valence electrons. The number of nitrogens with zero attached hydrogens (tertiary/aromatic N) is 8.